The minimum absolute atomic E-state index is 0.0203. The largest absolute Gasteiger partial charge is 0.524 e. The molecule has 268 valence electrons. The van der Waals surface area contributed by atoms with E-state index >= 15 is 0 Å². The SMILES string of the molecule is O=POc1cccc(C2(OCCOC3(c4cccc(OP(=O)(O)O)c4)OOC34C3CC5CC(C3)CC4C5)OOC23C2CC4CC(C2)CC3C4)c1. The first-order valence-corrected chi connectivity index (χ1v) is 20.4. The maximum atomic E-state index is 11.8. The molecule has 2 unspecified atom stereocenters. The van der Waals surface area contributed by atoms with Crippen LogP contribution in [0.2, 0.25) is 0 Å². The van der Waals surface area contributed by atoms with E-state index in [1.54, 1.807) is 18.2 Å². The van der Waals surface area contributed by atoms with Gasteiger partial charge in [0.1, 0.15) is 11.5 Å². The van der Waals surface area contributed by atoms with Crippen LogP contribution < -0.4 is 9.05 Å². The summed E-state index contributed by atoms with van der Waals surface area (Å²) in [5.74, 6) is 1.59. The number of phosphoric acid groups is 1. The van der Waals surface area contributed by atoms with Gasteiger partial charge in [-0.1, -0.05) is 24.3 Å². The molecule has 2 aliphatic heterocycles. The highest BCUT2D eigenvalue weighted by molar-refractivity contribution is 7.46. The van der Waals surface area contributed by atoms with Gasteiger partial charge in [-0.2, -0.15) is 9.78 Å². The lowest BCUT2D eigenvalue weighted by atomic mass is 9.47. The minimum atomic E-state index is -4.80. The van der Waals surface area contributed by atoms with Crippen LogP contribution >= 0.6 is 16.5 Å². The van der Waals surface area contributed by atoms with Crippen molar-refractivity contribution in [1.29, 1.82) is 0 Å². The molecule has 2 aromatic rings. The minimum Gasteiger partial charge on any atom is -0.408 e. The molecule has 14 heteroatoms. The lowest BCUT2D eigenvalue weighted by Crippen LogP contribution is -2.77. The second-order valence-corrected chi connectivity index (χ2v) is 17.8. The molecule has 2 spiro atoms. The fourth-order valence-electron chi connectivity index (χ4n) is 12.6. The van der Waals surface area contributed by atoms with E-state index in [9.17, 15) is 18.9 Å². The Morgan fingerprint density at radius 2 is 1.06 bits per heavy atom. The van der Waals surface area contributed by atoms with Crippen molar-refractivity contribution in [3.8, 4) is 11.5 Å². The molecule has 0 radical (unpaired) electrons. The fraction of sp³-hybridized carbons (Fsp3) is 0.667. The lowest BCUT2D eigenvalue weighted by Gasteiger charge is -2.69. The molecule has 8 aliphatic carbocycles. The summed E-state index contributed by atoms with van der Waals surface area (Å²) in [4.78, 5) is 44.0. The zero-order chi connectivity index (χ0) is 33.9. The third kappa shape index (κ3) is 4.57. The van der Waals surface area contributed by atoms with Crippen LogP contribution in [0.1, 0.15) is 75.3 Å². The molecule has 10 aliphatic rings. The molecule has 8 saturated carbocycles. The van der Waals surface area contributed by atoms with Crippen molar-refractivity contribution in [2.24, 2.45) is 47.3 Å². The molecule has 2 aromatic carbocycles. The smallest absolute Gasteiger partial charge is 0.408 e. The van der Waals surface area contributed by atoms with E-state index in [0.717, 1.165) is 56.9 Å². The second kappa shape index (κ2) is 11.5. The van der Waals surface area contributed by atoms with Crippen molar-refractivity contribution in [2.45, 2.75) is 87.0 Å². The molecular formula is C36H42O12P2. The number of rotatable bonds is 11. The van der Waals surface area contributed by atoms with Gasteiger partial charge in [-0.15, -0.1) is 0 Å². The van der Waals surface area contributed by atoms with E-state index in [1.807, 2.05) is 24.3 Å². The van der Waals surface area contributed by atoms with Crippen LogP contribution in [0.15, 0.2) is 48.5 Å². The predicted molar refractivity (Wildman–Crippen MR) is 173 cm³/mol. The highest BCUT2D eigenvalue weighted by Crippen LogP contribution is 2.71. The average Bonchev–Trinajstić information content (AvgIpc) is 3.04. The summed E-state index contributed by atoms with van der Waals surface area (Å²) in [6.45, 7) is 0.237. The summed E-state index contributed by atoms with van der Waals surface area (Å²) in [6, 6.07) is 14.0. The van der Waals surface area contributed by atoms with Crippen molar-refractivity contribution < 1.29 is 57.0 Å². The summed E-state index contributed by atoms with van der Waals surface area (Å²) in [5, 5.41) is 0. The molecule has 2 N–H and O–H groups in total. The number of ether oxygens (including phenoxy) is 2. The van der Waals surface area contributed by atoms with E-state index in [4.69, 9.17) is 38.1 Å². The molecular weight excluding hydrogens is 686 g/mol. The lowest BCUT2D eigenvalue weighted by molar-refractivity contribution is -0.655. The van der Waals surface area contributed by atoms with Gasteiger partial charge in [0.15, 0.2) is 11.2 Å². The van der Waals surface area contributed by atoms with Crippen LogP contribution in [0, 0.1) is 47.3 Å². The molecule has 0 amide bonds. The van der Waals surface area contributed by atoms with Gasteiger partial charge in [0.05, 0.1) is 13.2 Å². The molecule has 50 heavy (non-hydrogen) atoms. The quantitative estimate of drug-likeness (QED) is 0.138. The van der Waals surface area contributed by atoms with Gasteiger partial charge in [0, 0.05) is 11.1 Å². The summed E-state index contributed by atoms with van der Waals surface area (Å²) in [5.41, 5.74) is -0.0889. The number of phosphoric ester groups is 1. The molecule has 0 aromatic heterocycles. The van der Waals surface area contributed by atoms with E-state index < -0.39 is 39.3 Å². The van der Waals surface area contributed by atoms with Crippen molar-refractivity contribution in [2.75, 3.05) is 13.2 Å². The van der Waals surface area contributed by atoms with Gasteiger partial charge in [-0.3, -0.25) is 9.79 Å². The summed E-state index contributed by atoms with van der Waals surface area (Å²) in [6.07, 6.45) is 10.9. The highest BCUT2D eigenvalue weighted by atomic mass is 31.2. The van der Waals surface area contributed by atoms with Crippen LogP contribution in [0.3, 0.4) is 0 Å². The third-order valence-electron chi connectivity index (χ3n) is 13.8. The van der Waals surface area contributed by atoms with Crippen molar-refractivity contribution in [1.82, 2.24) is 0 Å². The monoisotopic (exact) mass is 728 g/mol. The first kappa shape index (κ1) is 32.7. The van der Waals surface area contributed by atoms with Gasteiger partial charge in [0.25, 0.3) is 11.6 Å². The van der Waals surface area contributed by atoms with E-state index in [-0.39, 0.29) is 42.6 Å². The van der Waals surface area contributed by atoms with E-state index in [2.05, 4.69) is 0 Å². The molecule has 12 nitrogen and oxygen atoms in total. The van der Waals surface area contributed by atoms with Crippen LogP contribution in [-0.4, -0.2) is 34.2 Å². The Labute approximate surface area is 291 Å². The Kier molecular flexibility index (Phi) is 7.53. The van der Waals surface area contributed by atoms with Gasteiger partial charge in [-0.25, -0.2) is 18.9 Å². The summed E-state index contributed by atoms with van der Waals surface area (Å²) in [7, 11) is -5.25. The first-order valence-electron chi connectivity index (χ1n) is 18.1. The number of hydrogen-bond acceptors (Lipinski definition) is 10. The summed E-state index contributed by atoms with van der Waals surface area (Å²) >= 11 is 0. The van der Waals surface area contributed by atoms with Gasteiger partial charge >= 0.3 is 16.5 Å². The van der Waals surface area contributed by atoms with Crippen molar-refractivity contribution >= 4 is 16.5 Å². The van der Waals surface area contributed by atoms with Crippen LogP contribution in [0.5, 0.6) is 11.5 Å². The Hall–Kier alpha value is -1.95. The Bertz CT molecular complexity index is 1670. The Balaban J connectivity index is 0.976. The van der Waals surface area contributed by atoms with Gasteiger partial charge in [0.2, 0.25) is 0 Å². The van der Waals surface area contributed by atoms with Crippen molar-refractivity contribution in [3.05, 3.63) is 59.7 Å². The standard InChI is InChI=1S/C36H42O12P2/c37-49-43-31-5-1-3-25(19-31)35(33(45-47-35)27-11-21-9-22(13-27)14-28(33)12-21)41-7-8-42-36(26-4-2-6-32(20-26)44-50(38,39)40)34(46-48-36)29-15-23-10-24(17-29)18-30(34)16-23/h1-6,19-24,27-30H,7-18H2,(H2,38,39,40). The molecule has 2 atom stereocenters. The topological polar surface area (TPSA) is 148 Å². The molecule has 2 heterocycles. The third-order valence-corrected chi connectivity index (χ3v) is 14.5. The molecule has 2 saturated heterocycles. The predicted octanol–water partition coefficient (Wildman–Crippen LogP) is 7.10. The molecule has 8 bridgehead atoms. The van der Waals surface area contributed by atoms with Crippen LogP contribution in [0.25, 0.3) is 0 Å². The first-order chi connectivity index (χ1) is 24.2. The number of hydrogen-bond donors (Lipinski definition) is 2. The van der Waals surface area contributed by atoms with Gasteiger partial charge < -0.3 is 18.5 Å². The van der Waals surface area contributed by atoms with Crippen molar-refractivity contribution in [3.63, 3.8) is 0 Å². The van der Waals surface area contributed by atoms with E-state index in [0.29, 0.717) is 35.0 Å². The fourth-order valence-corrected chi connectivity index (χ4v) is 13.2. The highest BCUT2D eigenvalue weighted by Gasteiger charge is 2.78. The maximum Gasteiger partial charge on any atom is 0.524 e. The average molecular weight is 729 g/mol. The zero-order valence-electron chi connectivity index (χ0n) is 27.6. The Morgan fingerprint density at radius 1 is 0.640 bits per heavy atom. The van der Waals surface area contributed by atoms with Crippen LogP contribution in [-0.2, 0) is 49.7 Å². The number of benzene rings is 2. The normalized spacial score (nSPS) is 44.8. The maximum absolute atomic E-state index is 11.8. The summed E-state index contributed by atoms with van der Waals surface area (Å²) < 4.78 is 47.3. The second-order valence-electron chi connectivity index (χ2n) is 16.3. The zero-order valence-corrected chi connectivity index (χ0v) is 29.4. The molecule has 12 rings (SSSR count). The van der Waals surface area contributed by atoms with E-state index in [1.165, 1.54) is 18.9 Å². The Morgan fingerprint density at radius 3 is 1.44 bits per heavy atom. The molecule has 10 fully saturated rings. The van der Waals surface area contributed by atoms with Gasteiger partial charge in [-0.05, 0) is 136 Å². The van der Waals surface area contributed by atoms with Crippen LogP contribution in [0.4, 0.5) is 0 Å².